The van der Waals surface area contributed by atoms with Crippen LogP contribution in [0.4, 0.5) is 4.79 Å². The van der Waals surface area contributed by atoms with E-state index >= 15 is 0 Å². The van der Waals surface area contributed by atoms with Crippen LogP contribution in [0.2, 0.25) is 0 Å². The molecule has 15 nitrogen and oxygen atoms in total. The second kappa shape index (κ2) is 14.9. The van der Waals surface area contributed by atoms with Crippen molar-refractivity contribution in [1.82, 2.24) is 16.0 Å². The fourth-order valence-electron chi connectivity index (χ4n) is 3.14. The van der Waals surface area contributed by atoms with E-state index in [-0.39, 0.29) is 12.7 Å². The van der Waals surface area contributed by atoms with Gasteiger partial charge in [0.2, 0.25) is 17.7 Å². The number of carbonyl (C=O) groups excluding carboxylic acids is 5. The molecule has 194 valence electrons. The zero-order valence-electron chi connectivity index (χ0n) is 19.0. The maximum absolute atomic E-state index is 12.6. The van der Waals surface area contributed by atoms with E-state index in [1.807, 2.05) is 5.32 Å². The zero-order valence-corrected chi connectivity index (χ0v) is 19.0. The van der Waals surface area contributed by atoms with Crippen molar-refractivity contribution >= 4 is 36.0 Å². The number of carboxylic acids is 1. The number of hydrogen-bond acceptors (Lipinski definition) is 10. The molecule has 0 saturated carbocycles. The fraction of sp³-hybridized carbons (Fsp3) is 0.684. The van der Waals surface area contributed by atoms with Crippen LogP contribution in [0.15, 0.2) is 0 Å². The van der Waals surface area contributed by atoms with E-state index in [4.69, 9.17) is 20.7 Å². The van der Waals surface area contributed by atoms with Gasteiger partial charge in [0.15, 0.2) is 0 Å². The maximum atomic E-state index is 12.6. The van der Waals surface area contributed by atoms with Crippen LogP contribution >= 0.6 is 0 Å². The minimum Gasteiger partial charge on any atom is -0.481 e. The van der Waals surface area contributed by atoms with Crippen molar-refractivity contribution in [3.63, 3.8) is 0 Å². The molecule has 0 aliphatic heterocycles. The lowest BCUT2D eigenvalue weighted by Gasteiger charge is -2.36. The van der Waals surface area contributed by atoms with Crippen molar-refractivity contribution in [2.45, 2.75) is 57.1 Å². The molecule has 7 atom stereocenters. The lowest BCUT2D eigenvalue weighted by atomic mass is 9.84. The Labute approximate surface area is 195 Å². The molecule has 5 amide bonds. The Morgan fingerprint density at radius 2 is 1.74 bits per heavy atom. The van der Waals surface area contributed by atoms with Gasteiger partial charge in [0.05, 0.1) is 6.61 Å². The van der Waals surface area contributed by atoms with Crippen LogP contribution in [-0.2, 0) is 28.7 Å². The number of amides is 5. The highest BCUT2D eigenvalue weighted by Crippen LogP contribution is 2.26. The molecule has 0 bridgehead atoms. The number of aliphatic hydroxyl groups excluding tert-OH is 3. The summed E-state index contributed by atoms with van der Waals surface area (Å²) < 4.78 is 5.51. The Balaban J connectivity index is 6.18. The molecular formula is C19H32N4O11. The number of nitrogens with one attached hydrogen (secondary N) is 3. The predicted molar refractivity (Wildman–Crippen MR) is 113 cm³/mol. The molecule has 0 rings (SSSR count). The summed E-state index contributed by atoms with van der Waals surface area (Å²) in [5.74, 6) is -6.68. The summed E-state index contributed by atoms with van der Waals surface area (Å²) in [6.45, 7) is 1.35. The second-order valence-electron chi connectivity index (χ2n) is 7.49. The largest absolute Gasteiger partial charge is 0.481 e. The van der Waals surface area contributed by atoms with Gasteiger partial charge >= 0.3 is 12.0 Å². The second-order valence-corrected chi connectivity index (χ2v) is 7.49. The average Bonchev–Trinajstić information content (AvgIpc) is 2.76. The molecule has 0 aliphatic carbocycles. The van der Waals surface area contributed by atoms with E-state index in [9.17, 15) is 39.0 Å². The van der Waals surface area contributed by atoms with Crippen molar-refractivity contribution in [1.29, 1.82) is 0 Å². The number of aliphatic carboxylic acids is 1. The number of primary amides is 1. The molecule has 0 aromatic heterocycles. The Morgan fingerprint density at radius 1 is 1.15 bits per heavy atom. The number of aliphatic hydroxyl groups is 3. The molecule has 0 aromatic carbocycles. The molecule has 3 unspecified atom stereocenters. The van der Waals surface area contributed by atoms with Crippen molar-refractivity contribution in [3.8, 4) is 0 Å². The quantitative estimate of drug-likeness (QED) is 0.103. The number of carboxylic acid groups (broad SMARTS) is 1. The van der Waals surface area contributed by atoms with Crippen molar-refractivity contribution < 1.29 is 53.9 Å². The standard InChI is InChI=1S/C19H32N4O11/c1-8(10(4-5-13(28)29)18(32)23-19(33)21-3)15(17(20)31)34-16(14(30)12(27)7-25)11(6-24)22-9(2)26/h6,8,10-12,14-16,25,27,30H,4-5,7H2,1-3H3,(H2,20,31)(H,22,26)(H,28,29)(H2,21,23,32,33)/t8?,10?,11-,12+,14+,15?,16+/m0/s1. The highest BCUT2D eigenvalue weighted by atomic mass is 16.5. The molecule has 15 heteroatoms. The normalized spacial score (nSPS) is 17.1. The summed E-state index contributed by atoms with van der Waals surface area (Å²) >= 11 is 0. The molecule has 0 spiro atoms. The van der Waals surface area contributed by atoms with Crippen molar-refractivity contribution in [3.05, 3.63) is 0 Å². The Morgan fingerprint density at radius 3 is 2.15 bits per heavy atom. The van der Waals surface area contributed by atoms with E-state index in [1.54, 1.807) is 0 Å². The molecule has 0 fully saturated rings. The van der Waals surface area contributed by atoms with Gasteiger partial charge in [-0.3, -0.25) is 24.5 Å². The fourth-order valence-corrected chi connectivity index (χ4v) is 3.14. The Kier molecular flexibility index (Phi) is 13.5. The van der Waals surface area contributed by atoms with Gasteiger partial charge in [0.1, 0.15) is 36.7 Å². The smallest absolute Gasteiger partial charge is 0.321 e. The lowest BCUT2D eigenvalue weighted by molar-refractivity contribution is -0.167. The molecule has 0 heterocycles. The number of hydrogen-bond donors (Lipinski definition) is 8. The van der Waals surface area contributed by atoms with Crippen LogP contribution in [0.1, 0.15) is 26.7 Å². The molecule has 0 aliphatic rings. The Bertz CT molecular complexity index is 748. The first-order valence-corrected chi connectivity index (χ1v) is 10.2. The summed E-state index contributed by atoms with van der Waals surface area (Å²) in [5.41, 5.74) is 5.40. The molecule has 0 radical (unpaired) electrons. The SMILES string of the molecule is CNC(=O)NC(=O)C(CCC(=O)O)C(C)C(O[C@@H]([C@H](O)[C@H](O)CO)[C@H](C=O)NC(C)=O)C(N)=O. The van der Waals surface area contributed by atoms with Gasteiger partial charge in [0, 0.05) is 32.2 Å². The van der Waals surface area contributed by atoms with E-state index in [1.165, 1.54) is 14.0 Å². The van der Waals surface area contributed by atoms with Crippen LogP contribution in [0, 0.1) is 11.8 Å². The van der Waals surface area contributed by atoms with Crippen molar-refractivity contribution in [2.24, 2.45) is 17.6 Å². The number of imide groups is 1. The molecule has 0 aromatic rings. The predicted octanol–water partition coefficient (Wildman–Crippen LogP) is -3.78. The van der Waals surface area contributed by atoms with Crippen LogP contribution in [0.5, 0.6) is 0 Å². The first kappa shape index (κ1) is 30.9. The summed E-state index contributed by atoms with van der Waals surface area (Å²) in [7, 11) is 1.23. The van der Waals surface area contributed by atoms with Crippen LogP contribution in [-0.4, -0.2) is 101 Å². The topological polar surface area (TPSA) is 255 Å². The first-order valence-electron chi connectivity index (χ1n) is 10.2. The van der Waals surface area contributed by atoms with E-state index in [0.29, 0.717) is 0 Å². The first-order chi connectivity index (χ1) is 15.8. The minimum atomic E-state index is -2.00. The van der Waals surface area contributed by atoms with Gasteiger partial charge in [0.25, 0.3) is 0 Å². The number of ether oxygens (including phenoxy) is 1. The summed E-state index contributed by atoms with van der Waals surface area (Å²) in [6.07, 6.45) is -8.16. The monoisotopic (exact) mass is 492 g/mol. The van der Waals surface area contributed by atoms with E-state index in [2.05, 4.69) is 10.6 Å². The summed E-state index contributed by atoms with van der Waals surface area (Å²) in [5, 5.41) is 44.6. The van der Waals surface area contributed by atoms with Gasteiger partial charge in [-0.1, -0.05) is 6.92 Å². The number of aldehydes is 1. The van der Waals surface area contributed by atoms with E-state index < -0.39 is 85.0 Å². The van der Waals surface area contributed by atoms with Crippen LogP contribution < -0.4 is 21.7 Å². The van der Waals surface area contributed by atoms with Gasteiger partial charge in [-0.05, 0) is 6.42 Å². The third kappa shape index (κ3) is 9.78. The number of urea groups is 1. The summed E-state index contributed by atoms with van der Waals surface area (Å²) in [6, 6.07) is -2.51. The van der Waals surface area contributed by atoms with Crippen molar-refractivity contribution in [2.75, 3.05) is 13.7 Å². The number of nitrogens with two attached hydrogens (primary N) is 1. The highest BCUT2D eigenvalue weighted by molar-refractivity contribution is 5.96. The lowest BCUT2D eigenvalue weighted by Crippen LogP contribution is -2.58. The molecule has 0 saturated heterocycles. The van der Waals surface area contributed by atoms with E-state index in [0.717, 1.165) is 6.92 Å². The average molecular weight is 492 g/mol. The van der Waals surface area contributed by atoms with Crippen LogP contribution in [0.25, 0.3) is 0 Å². The van der Waals surface area contributed by atoms with Gasteiger partial charge in [-0.25, -0.2) is 4.79 Å². The zero-order chi connectivity index (χ0) is 26.6. The van der Waals surface area contributed by atoms with Gasteiger partial charge < -0.3 is 46.3 Å². The third-order valence-corrected chi connectivity index (χ3v) is 4.95. The highest BCUT2D eigenvalue weighted by Gasteiger charge is 2.42. The number of rotatable bonds is 15. The third-order valence-electron chi connectivity index (χ3n) is 4.95. The molecular weight excluding hydrogens is 460 g/mol. The number of carbonyl (C=O) groups is 6. The van der Waals surface area contributed by atoms with Gasteiger partial charge in [-0.15, -0.1) is 0 Å². The van der Waals surface area contributed by atoms with Gasteiger partial charge in [-0.2, -0.15) is 0 Å². The maximum Gasteiger partial charge on any atom is 0.321 e. The minimum absolute atomic E-state index is 0.155. The Hall–Kier alpha value is -3.14. The molecule has 9 N–H and O–H groups in total. The molecule has 34 heavy (non-hydrogen) atoms. The summed E-state index contributed by atoms with van der Waals surface area (Å²) in [4.78, 5) is 70.4. The van der Waals surface area contributed by atoms with Crippen LogP contribution in [0.3, 0.4) is 0 Å².